The molecule has 0 aromatic heterocycles. The number of rotatable bonds is 6. The van der Waals surface area contributed by atoms with E-state index in [1.54, 1.807) is 0 Å². The van der Waals surface area contributed by atoms with E-state index in [9.17, 15) is 19.2 Å². The van der Waals surface area contributed by atoms with E-state index in [1.165, 1.54) is 13.8 Å². The molecule has 0 radical (unpaired) electrons. The highest BCUT2D eigenvalue weighted by molar-refractivity contribution is 5.95. The molecule has 2 aliphatic heterocycles. The van der Waals surface area contributed by atoms with Crippen molar-refractivity contribution in [3.8, 4) is 0 Å². The average molecular weight is 370 g/mol. The first-order valence-electron chi connectivity index (χ1n) is 7.66. The van der Waals surface area contributed by atoms with Crippen LogP contribution in [-0.4, -0.2) is 71.7 Å². The maximum Gasteiger partial charge on any atom is 0.331 e. The summed E-state index contributed by atoms with van der Waals surface area (Å²) < 4.78 is 21.2. The molecule has 142 valence electrons. The largest absolute Gasteiger partial charge is 0.478 e. The van der Waals surface area contributed by atoms with Crippen molar-refractivity contribution in [1.29, 1.82) is 0 Å². The van der Waals surface area contributed by atoms with Gasteiger partial charge in [0.2, 0.25) is 0 Å². The third kappa shape index (κ3) is 4.67. The van der Waals surface area contributed by atoms with Gasteiger partial charge >= 0.3 is 23.9 Å². The molecule has 2 heterocycles. The summed E-state index contributed by atoms with van der Waals surface area (Å²) in [5, 5.41) is 17.5. The summed E-state index contributed by atoms with van der Waals surface area (Å²) in [7, 11) is 0. The zero-order chi connectivity index (χ0) is 19.4. The van der Waals surface area contributed by atoms with Gasteiger partial charge in [0.25, 0.3) is 0 Å². The lowest BCUT2D eigenvalue weighted by atomic mass is 10.1. The Morgan fingerprint density at radius 2 is 1.15 bits per heavy atom. The van der Waals surface area contributed by atoms with Gasteiger partial charge < -0.3 is 29.2 Å². The van der Waals surface area contributed by atoms with Crippen molar-refractivity contribution in [2.75, 3.05) is 13.2 Å². The minimum absolute atomic E-state index is 0.000917. The maximum atomic E-state index is 11.7. The molecular weight excluding hydrogens is 352 g/mol. The van der Waals surface area contributed by atoms with Gasteiger partial charge in [-0.15, -0.1) is 0 Å². The molecule has 2 aliphatic rings. The summed E-state index contributed by atoms with van der Waals surface area (Å²) in [6.45, 7) is 2.51. The molecule has 0 spiro atoms. The Hall–Kier alpha value is -2.72. The lowest BCUT2D eigenvalue weighted by Gasteiger charge is -2.16. The predicted octanol–water partition coefficient (Wildman–Crippen LogP) is -0.331. The van der Waals surface area contributed by atoms with Gasteiger partial charge in [-0.3, -0.25) is 0 Å². The van der Waals surface area contributed by atoms with Crippen molar-refractivity contribution in [3.05, 3.63) is 23.3 Å². The zero-order valence-electron chi connectivity index (χ0n) is 14.0. The number of fused-ring (bicyclic) bond motifs is 1. The summed E-state index contributed by atoms with van der Waals surface area (Å²) >= 11 is 0. The number of carbonyl (C=O) groups excluding carboxylic acids is 2. The number of carboxylic acid groups (broad SMARTS) is 2. The monoisotopic (exact) mass is 370 g/mol. The second-order valence-electron chi connectivity index (χ2n) is 5.81. The number of hydrogen-bond donors (Lipinski definition) is 2. The van der Waals surface area contributed by atoms with E-state index in [-0.39, 0.29) is 24.4 Å². The first-order valence-corrected chi connectivity index (χ1v) is 7.66. The Labute approximate surface area is 148 Å². The van der Waals surface area contributed by atoms with Crippen LogP contribution in [0.5, 0.6) is 0 Å². The van der Waals surface area contributed by atoms with Crippen molar-refractivity contribution < 1.29 is 48.3 Å². The van der Waals surface area contributed by atoms with Gasteiger partial charge in [-0.1, -0.05) is 0 Å². The van der Waals surface area contributed by atoms with Crippen molar-refractivity contribution in [1.82, 2.24) is 0 Å². The average Bonchev–Trinajstić information content (AvgIpc) is 3.11. The van der Waals surface area contributed by atoms with Gasteiger partial charge in [-0.25, -0.2) is 19.2 Å². The Morgan fingerprint density at radius 3 is 1.46 bits per heavy atom. The van der Waals surface area contributed by atoms with Crippen LogP contribution in [0.2, 0.25) is 0 Å². The molecule has 2 rings (SSSR count). The molecule has 4 atom stereocenters. The van der Waals surface area contributed by atoms with E-state index in [4.69, 9.17) is 29.2 Å². The molecule has 0 amide bonds. The van der Waals surface area contributed by atoms with Crippen molar-refractivity contribution in [3.63, 3.8) is 0 Å². The van der Waals surface area contributed by atoms with E-state index in [0.717, 1.165) is 12.2 Å². The molecule has 2 N–H and O–H groups in total. The highest BCUT2D eigenvalue weighted by Gasteiger charge is 2.51. The Balaban J connectivity index is 1.93. The van der Waals surface area contributed by atoms with Gasteiger partial charge in [0.15, 0.2) is 12.2 Å². The van der Waals surface area contributed by atoms with Crippen molar-refractivity contribution in [2.45, 2.75) is 38.3 Å². The standard InChI is InChI=1S/C16H18O10/c1-7(15(19)20)3-11(17)25-9-5-23-14-10(6-24-13(9)14)26-12(18)4-8(2)16(21)22/h3-4,9-10,13-14H,5-6H2,1-2H3,(H,19,20)(H,21,22)/b7-3+,8-4+/t9-,10+,13-,14-/m1/s1. The number of carbonyl (C=O) groups is 4. The van der Waals surface area contributed by atoms with Crippen molar-refractivity contribution in [2.24, 2.45) is 0 Å². The van der Waals surface area contributed by atoms with Gasteiger partial charge in [-0.05, 0) is 13.8 Å². The fourth-order valence-electron chi connectivity index (χ4n) is 2.47. The van der Waals surface area contributed by atoms with Crippen LogP contribution in [0.1, 0.15) is 13.8 Å². The first-order chi connectivity index (χ1) is 12.2. The Morgan fingerprint density at radius 1 is 0.808 bits per heavy atom. The van der Waals surface area contributed by atoms with Crippen LogP contribution < -0.4 is 0 Å². The van der Waals surface area contributed by atoms with Crippen LogP contribution in [-0.2, 0) is 38.1 Å². The molecule has 26 heavy (non-hydrogen) atoms. The Kier molecular flexibility index (Phi) is 6.11. The molecule has 0 aliphatic carbocycles. The summed E-state index contributed by atoms with van der Waals surface area (Å²) in [6.07, 6.45) is -1.18. The van der Waals surface area contributed by atoms with E-state index in [1.807, 2.05) is 0 Å². The summed E-state index contributed by atoms with van der Waals surface area (Å²) in [5.74, 6) is -4.17. The molecule has 0 bridgehead atoms. The molecule has 0 saturated carbocycles. The van der Waals surface area contributed by atoms with E-state index in [2.05, 4.69) is 0 Å². The topological polar surface area (TPSA) is 146 Å². The van der Waals surface area contributed by atoms with E-state index >= 15 is 0 Å². The lowest BCUT2D eigenvalue weighted by Crippen LogP contribution is -2.35. The fourth-order valence-corrected chi connectivity index (χ4v) is 2.47. The third-order valence-electron chi connectivity index (χ3n) is 3.84. The molecule has 0 unspecified atom stereocenters. The molecule has 2 fully saturated rings. The number of hydrogen-bond acceptors (Lipinski definition) is 8. The summed E-state index contributed by atoms with van der Waals surface area (Å²) in [4.78, 5) is 44.9. The van der Waals surface area contributed by atoms with Crippen LogP contribution >= 0.6 is 0 Å². The van der Waals surface area contributed by atoms with Crippen LogP contribution in [0.25, 0.3) is 0 Å². The number of ether oxygens (including phenoxy) is 4. The smallest absolute Gasteiger partial charge is 0.331 e. The third-order valence-corrected chi connectivity index (χ3v) is 3.84. The first kappa shape index (κ1) is 19.6. The molecule has 0 aromatic rings. The van der Waals surface area contributed by atoms with E-state index in [0.29, 0.717) is 0 Å². The van der Waals surface area contributed by atoms with Crippen LogP contribution in [0.4, 0.5) is 0 Å². The van der Waals surface area contributed by atoms with Gasteiger partial charge in [0.05, 0.1) is 13.2 Å². The van der Waals surface area contributed by atoms with Crippen LogP contribution in [0.3, 0.4) is 0 Å². The lowest BCUT2D eigenvalue weighted by molar-refractivity contribution is -0.150. The van der Waals surface area contributed by atoms with Crippen molar-refractivity contribution >= 4 is 23.9 Å². The molecule has 10 nitrogen and oxygen atoms in total. The second kappa shape index (κ2) is 8.11. The second-order valence-corrected chi connectivity index (χ2v) is 5.81. The predicted molar refractivity (Wildman–Crippen MR) is 82.0 cm³/mol. The highest BCUT2D eigenvalue weighted by Crippen LogP contribution is 2.30. The van der Waals surface area contributed by atoms with Gasteiger partial charge in [-0.2, -0.15) is 0 Å². The van der Waals surface area contributed by atoms with Crippen LogP contribution in [0, 0.1) is 0 Å². The SMILES string of the molecule is C/C(=C\C(=O)O[C@H]1CO[C@H]2[C@@H]1OC[C@H]2OC(=O)/C=C(\C)C(=O)O)C(=O)O. The highest BCUT2D eigenvalue weighted by atomic mass is 16.7. The quantitative estimate of drug-likeness (QED) is 0.470. The minimum atomic E-state index is -1.24. The zero-order valence-corrected chi connectivity index (χ0v) is 14.0. The fraction of sp³-hybridized carbons (Fsp3) is 0.500. The normalized spacial score (nSPS) is 28.4. The minimum Gasteiger partial charge on any atom is -0.478 e. The molecule has 10 heteroatoms. The number of carboxylic acids is 2. The van der Waals surface area contributed by atoms with Crippen LogP contribution in [0.15, 0.2) is 23.3 Å². The summed E-state index contributed by atoms with van der Waals surface area (Å²) in [5.41, 5.74) is -0.351. The summed E-state index contributed by atoms with van der Waals surface area (Å²) in [6, 6.07) is 0. The van der Waals surface area contributed by atoms with E-state index < -0.39 is 48.3 Å². The molecule has 0 aromatic carbocycles. The van der Waals surface area contributed by atoms with Gasteiger partial charge in [0, 0.05) is 23.3 Å². The maximum absolute atomic E-state index is 11.7. The van der Waals surface area contributed by atoms with Gasteiger partial charge in [0.1, 0.15) is 12.2 Å². The molecule has 2 saturated heterocycles. The Bertz CT molecular complexity index is 619. The number of aliphatic carboxylic acids is 2. The molecular formula is C16H18O10. The number of esters is 2.